The third kappa shape index (κ3) is 2.93. The lowest BCUT2D eigenvalue weighted by molar-refractivity contribution is 0.600. The van der Waals surface area contributed by atoms with Crippen molar-refractivity contribution >= 4 is 38.2 Å². The summed E-state index contributed by atoms with van der Waals surface area (Å²) in [6.07, 6.45) is 3.98. The maximum absolute atomic E-state index is 12.2. The quantitative estimate of drug-likeness (QED) is 0.749. The van der Waals surface area contributed by atoms with Gasteiger partial charge < -0.3 is 0 Å². The van der Waals surface area contributed by atoms with Crippen LogP contribution in [0.3, 0.4) is 0 Å². The summed E-state index contributed by atoms with van der Waals surface area (Å²) in [5.74, 6) is 0. The first-order valence-electron chi connectivity index (χ1n) is 5.90. The number of benzene rings is 1. The molecule has 3 rings (SSSR count). The minimum atomic E-state index is -3.75. The summed E-state index contributed by atoms with van der Waals surface area (Å²) >= 11 is 5.54. The summed E-state index contributed by atoms with van der Waals surface area (Å²) < 4.78 is 26.9. The molecular formula is C13H9ClN4O2S. The molecule has 0 fully saturated rings. The Morgan fingerprint density at radius 2 is 1.81 bits per heavy atom. The van der Waals surface area contributed by atoms with E-state index >= 15 is 0 Å². The Morgan fingerprint density at radius 3 is 2.57 bits per heavy atom. The number of fused-ring (bicyclic) bond motifs is 1. The van der Waals surface area contributed by atoms with Gasteiger partial charge in [0.05, 0.1) is 17.9 Å². The van der Waals surface area contributed by atoms with Gasteiger partial charge in [-0.3, -0.25) is 9.71 Å². The highest BCUT2D eigenvalue weighted by Gasteiger charge is 2.15. The molecule has 8 heteroatoms. The number of anilines is 1. The van der Waals surface area contributed by atoms with Gasteiger partial charge in [0, 0.05) is 17.3 Å². The standard InChI is InChI=1S/C13H9ClN4O2S/c14-13-16-7-11(8-17-13)21(19,20)18-10-3-4-12-9(6-10)2-1-5-15-12/h1-8,18H. The third-order valence-electron chi connectivity index (χ3n) is 2.76. The van der Waals surface area contributed by atoms with Crippen molar-refractivity contribution in [2.24, 2.45) is 0 Å². The minimum absolute atomic E-state index is 0.00858. The number of nitrogens with zero attached hydrogens (tertiary/aromatic N) is 3. The van der Waals surface area contributed by atoms with Crippen molar-refractivity contribution in [3.8, 4) is 0 Å². The molecular weight excluding hydrogens is 312 g/mol. The van der Waals surface area contributed by atoms with E-state index < -0.39 is 10.0 Å². The van der Waals surface area contributed by atoms with Gasteiger partial charge >= 0.3 is 0 Å². The lowest BCUT2D eigenvalue weighted by Gasteiger charge is -2.08. The topological polar surface area (TPSA) is 84.8 Å². The van der Waals surface area contributed by atoms with Crippen LogP contribution >= 0.6 is 11.6 Å². The summed E-state index contributed by atoms with van der Waals surface area (Å²) in [6, 6.07) is 8.73. The van der Waals surface area contributed by atoms with Crippen LogP contribution in [0.1, 0.15) is 0 Å². The van der Waals surface area contributed by atoms with Gasteiger partial charge in [-0.25, -0.2) is 18.4 Å². The average Bonchev–Trinajstić information content (AvgIpc) is 2.47. The number of rotatable bonds is 3. The Kier molecular flexibility index (Phi) is 3.44. The fraction of sp³-hybridized carbons (Fsp3) is 0. The lowest BCUT2D eigenvalue weighted by atomic mass is 10.2. The predicted molar refractivity (Wildman–Crippen MR) is 79.6 cm³/mol. The van der Waals surface area contributed by atoms with Gasteiger partial charge in [-0.15, -0.1) is 0 Å². The molecule has 0 aliphatic heterocycles. The van der Waals surface area contributed by atoms with E-state index in [2.05, 4.69) is 19.7 Å². The molecule has 0 saturated carbocycles. The van der Waals surface area contributed by atoms with Crippen LogP contribution in [-0.4, -0.2) is 23.4 Å². The first kappa shape index (κ1) is 13.7. The Bertz CT molecular complexity index is 897. The molecule has 0 aliphatic carbocycles. The highest BCUT2D eigenvalue weighted by molar-refractivity contribution is 7.92. The van der Waals surface area contributed by atoms with Gasteiger partial charge in [-0.05, 0) is 35.9 Å². The Labute approximate surface area is 125 Å². The maximum Gasteiger partial charge on any atom is 0.264 e. The number of hydrogen-bond acceptors (Lipinski definition) is 5. The molecule has 2 heterocycles. The van der Waals surface area contributed by atoms with Crippen LogP contribution in [0, 0.1) is 0 Å². The number of sulfonamides is 1. The van der Waals surface area contributed by atoms with E-state index in [0.717, 1.165) is 23.3 Å². The van der Waals surface area contributed by atoms with E-state index in [9.17, 15) is 8.42 Å². The fourth-order valence-electron chi connectivity index (χ4n) is 1.79. The van der Waals surface area contributed by atoms with E-state index in [4.69, 9.17) is 11.6 Å². The normalized spacial score (nSPS) is 11.5. The summed E-state index contributed by atoms with van der Waals surface area (Å²) in [4.78, 5) is 11.4. The van der Waals surface area contributed by atoms with Gasteiger partial charge in [-0.2, -0.15) is 0 Å². The second kappa shape index (κ2) is 5.27. The summed E-state index contributed by atoms with van der Waals surface area (Å²) in [6.45, 7) is 0. The highest BCUT2D eigenvalue weighted by atomic mass is 35.5. The Morgan fingerprint density at radius 1 is 1.05 bits per heavy atom. The molecule has 0 aliphatic rings. The van der Waals surface area contributed by atoms with Gasteiger partial charge in [0.2, 0.25) is 5.28 Å². The zero-order chi connectivity index (χ0) is 14.9. The van der Waals surface area contributed by atoms with Crippen LogP contribution in [-0.2, 0) is 10.0 Å². The molecule has 0 atom stereocenters. The molecule has 1 aromatic carbocycles. The molecule has 0 amide bonds. The van der Waals surface area contributed by atoms with E-state index in [1.165, 1.54) is 0 Å². The van der Waals surface area contributed by atoms with Crippen LogP contribution < -0.4 is 4.72 Å². The number of aromatic nitrogens is 3. The van der Waals surface area contributed by atoms with Crippen LogP contribution in [0.2, 0.25) is 5.28 Å². The van der Waals surface area contributed by atoms with Crippen molar-refractivity contribution in [1.29, 1.82) is 0 Å². The van der Waals surface area contributed by atoms with Crippen LogP contribution in [0.25, 0.3) is 10.9 Å². The summed E-state index contributed by atoms with van der Waals surface area (Å²) in [5, 5.41) is 0.829. The molecule has 0 bridgehead atoms. The number of pyridine rings is 1. The summed E-state index contributed by atoms with van der Waals surface area (Å²) in [7, 11) is -3.75. The fourth-order valence-corrected chi connectivity index (χ4v) is 2.83. The van der Waals surface area contributed by atoms with Crippen molar-refractivity contribution in [3.05, 3.63) is 54.2 Å². The largest absolute Gasteiger partial charge is 0.280 e. The highest BCUT2D eigenvalue weighted by Crippen LogP contribution is 2.20. The van der Waals surface area contributed by atoms with Crippen LogP contribution in [0.15, 0.2) is 53.8 Å². The van der Waals surface area contributed by atoms with Gasteiger partial charge in [0.1, 0.15) is 4.90 Å². The van der Waals surface area contributed by atoms with E-state index in [0.29, 0.717) is 5.69 Å². The molecule has 6 nitrogen and oxygen atoms in total. The lowest BCUT2D eigenvalue weighted by Crippen LogP contribution is -2.13. The van der Waals surface area contributed by atoms with Crippen molar-refractivity contribution in [2.45, 2.75) is 4.90 Å². The van der Waals surface area contributed by atoms with Crippen molar-refractivity contribution in [3.63, 3.8) is 0 Å². The SMILES string of the molecule is O=S(=O)(Nc1ccc2ncccc2c1)c1cnc(Cl)nc1. The molecule has 0 spiro atoms. The Balaban J connectivity index is 1.95. The second-order valence-electron chi connectivity index (χ2n) is 4.20. The zero-order valence-electron chi connectivity index (χ0n) is 10.6. The van der Waals surface area contributed by atoms with Crippen molar-refractivity contribution in [1.82, 2.24) is 15.0 Å². The average molecular weight is 321 g/mol. The molecule has 1 N–H and O–H groups in total. The minimum Gasteiger partial charge on any atom is -0.280 e. The molecule has 3 aromatic rings. The maximum atomic E-state index is 12.2. The monoisotopic (exact) mass is 320 g/mol. The van der Waals surface area contributed by atoms with Crippen molar-refractivity contribution in [2.75, 3.05) is 4.72 Å². The van der Waals surface area contributed by atoms with Gasteiger partial charge in [0.25, 0.3) is 10.0 Å². The summed E-state index contributed by atoms with van der Waals surface area (Å²) in [5.41, 5.74) is 1.22. The number of hydrogen-bond donors (Lipinski definition) is 1. The molecule has 106 valence electrons. The molecule has 0 unspecified atom stereocenters. The van der Waals surface area contributed by atoms with Crippen LogP contribution in [0.5, 0.6) is 0 Å². The number of nitrogens with one attached hydrogen (secondary N) is 1. The third-order valence-corrected chi connectivity index (χ3v) is 4.29. The smallest absolute Gasteiger partial charge is 0.264 e. The number of halogens is 1. The molecule has 2 aromatic heterocycles. The van der Waals surface area contributed by atoms with E-state index in [-0.39, 0.29) is 10.2 Å². The molecule has 0 saturated heterocycles. The zero-order valence-corrected chi connectivity index (χ0v) is 12.1. The van der Waals surface area contributed by atoms with Crippen LogP contribution in [0.4, 0.5) is 5.69 Å². The first-order valence-corrected chi connectivity index (χ1v) is 7.76. The van der Waals surface area contributed by atoms with Gasteiger partial charge in [0.15, 0.2) is 0 Å². The second-order valence-corrected chi connectivity index (χ2v) is 6.22. The Hall–Kier alpha value is -2.25. The van der Waals surface area contributed by atoms with Crippen molar-refractivity contribution < 1.29 is 8.42 Å². The predicted octanol–water partition coefficient (Wildman–Crippen LogP) is 2.48. The van der Waals surface area contributed by atoms with E-state index in [1.54, 1.807) is 30.5 Å². The molecule has 21 heavy (non-hydrogen) atoms. The first-order chi connectivity index (χ1) is 10.0. The van der Waals surface area contributed by atoms with Gasteiger partial charge in [-0.1, -0.05) is 6.07 Å². The van der Waals surface area contributed by atoms with E-state index in [1.807, 2.05) is 6.07 Å². The molecule has 0 radical (unpaired) electrons.